The van der Waals surface area contributed by atoms with Gasteiger partial charge in [-0.1, -0.05) is 50.1 Å². The minimum Gasteiger partial charge on any atom is -0.748 e. The maximum atomic E-state index is 12.5. The Balaban J connectivity index is 0.00000246. The zero-order chi connectivity index (χ0) is 42.7. The average molecular weight is 912 g/mol. The van der Waals surface area contributed by atoms with Crippen LogP contribution in [0.1, 0.15) is 89.8 Å². The molecule has 60 heavy (non-hydrogen) atoms. The largest absolute Gasteiger partial charge is 1.00 e. The van der Waals surface area contributed by atoms with E-state index in [4.69, 9.17) is 12.6 Å². The normalized spacial score (nSPS) is 19.2. The Morgan fingerprint density at radius 3 is 2.10 bits per heavy atom. The number of allylic oxidation sites excluding steroid dienone is 8. The van der Waals surface area contributed by atoms with Gasteiger partial charge in [0, 0.05) is 53.2 Å². The summed E-state index contributed by atoms with van der Waals surface area (Å²) in [5.74, 6) is -2.03. The van der Waals surface area contributed by atoms with Crippen molar-refractivity contribution in [1.29, 1.82) is 0 Å². The molecule has 13 nitrogen and oxygen atoms in total. The summed E-state index contributed by atoms with van der Waals surface area (Å²) < 4.78 is 97.0. The zero-order valence-electron chi connectivity index (χ0n) is 36.1. The topological polar surface area (TPSA) is 209 Å². The Bertz CT molecular complexity index is 2430. The van der Waals surface area contributed by atoms with E-state index in [-0.39, 0.29) is 105 Å². The third-order valence-electron chi connectivity index (χ3n) is 11.0. The molecule has 0 amide bonds. The number of fused-ring (bicyclic) bond motifs is 2. The van der Waals surface area contributed by atoms with Gasteiger partial charge in [-0.05, 0) is 93.5 Å². The molecule has 2 aromatic carbocycles. The Morgan fingerprint density at radius 2 is 1.53 bits per heavy atom. The molecule has 0 aromatic heterocycles. The third-order valence-corrected chi connectivity index (χ3v) is 12.6. The van der Waals surface area contributed by atoms with Gasteiger partial charge < -0.3 is 26.0 Å². The second kappa shape index (κ2) is 23.1. The molecule has 0 saturated heterocycles. The van der Waals surface area contributed by atoms with Crippen molar-refractivity contribution < 1.29 is 142 Å². The predicted molar refractivity (Wildman–Crippen MR) is 215 cm³/mol. The van der Waals surface area contributed by atoms with E-state index >= 15 is 0 Å². The predicted octanol–water partition coefficient (Wildman–Crippen LogP) is -2.80. The summed E-state index contributed by atoms with van der Waals surface area (Å²) in [5, 5.41) is 10.2. The first kappa shape index (κ1) is 56.8. The van der Waals surface area contributed by atoms with Gasteiger partial charge in [0.25, 0.3) is 0 Å². The summed E-state index contributed by atoms with van der Waals surface area (Å²) in [6.07, 6.45) is 11.0. The number of carbonyl (C=O) groups is 1. The maximum absolute atomic E-state index is 12.5. The molecular formula is C41H50N2Na3O11S3+. The first-order valence-corrected chi connectivity index (χ1v) is 22.5. The van der Waals surface area contributed by atoms with Gasteiger partial charge in [-0.25, -0.2) is 16.8 Å². The summed E-state index contributed by atoms with van der Waals surface area (Å²) in [6.45, 7) is 17.6. The van der Waals surface area contributed by atoms with E-state index < -0.39 is 53.9 Å². The quantitative estimate of drug-likeness (QED) is 0.0711. The summed E-state index contributed by atoms with van der Waals surface area (Å²) in [7, 11) is -12.2. The molecule has 0 saturated carbocycles. The van der Waals surface area contributed by atoms with Crippen molar-refractivity contribution in [2.75, 3.05) is 23.7 Å². The molecule has 0 spiro atoms. The number of nitrogens with zero attached hydrogens (tertiary/aromatic N) is 2. The van der Waals surface area contributed by atoms with Gasteiger partial charge >= 0.3 is 105 Å². The fraction of sp³-hybridized carbons (Fsp3) is 0.439. The van der Waals surface area contributed by atoms with Crippen LogP contribution in [0.2, 0.25) is 0 Å². The first-order chi connectivity index (χ1) is 26.4. The van der Waals surface area contributed by atoms with Gasteiger partial charge in [0.15, 0.2) is 5.71 Å². The molecule has 3 aliphatic rings. The van der Waals surface area contributed by atoms with E-state index in [2.05, 4.69) is 62.9 Å². The molecule has 0 fully saturated rings. The van der Waals surface area contributed by atoms with Crippen molar-refractivity contribution in [2.24, 2.45) is 5.92 Å². The Hall–Kier alpha value is -1.22. The minimum atomic E-state index is -4.73. The van der Waals surface area contributed by atoms with Crippen LogP contribution < -0.4 is 93.6 Å². The average Bonchev–Trinajstić information content (AvgIpc) is 3.44. The van der Waals surface area contributed by atoms with Crippen molar-refractivity contribution in [1.82, 2.24) is 0 Å². The molecular weight excluding hydrogens is 862 g/mol. The molecule has 2 aromatic rings. The van der Waals surface area contributed by atoms with Crippen molar-refractivity contribution in [3.63, 3.8) is 0 Å². The summed E-state index contributed by atoms with van der Waals surface area (Å²) in [6, 6.07) is 10.8. The van der Waals surface area contributed by atoms with Crippen LogP contribution in [0.15, 0.2) is 88.0 Å². The second-order valence-electron chi connectivity index (χ2n) is 15.6. The molecule has 19 heteroatoms. The van der Waals surface area contributed by atoms with E-state index in [1.807, 2.05) is 37.5 Å². The molecule has 310 valence electrons. The number of aliphatic carboxylic acids is 1. The van der Waals surface area contributed by atoms with E-state index in [1.54, 1.807) is 6.07 Å². The van der Waals surface area contributed by atoms with Gasteiger partial charge in [-0.2, -0.15) is 11.0 Å². The molecule has 1 atom stereocenters. The molecule has 0 bridgehead atoms. The fourth-order valence-corrected chi connectivity index (χ4v) is 8.99. The molecule has 2 heterocycles. The maximum Gasteiger partial charge on any atom is 1.00 e. The van der Waals surface area contributed by atoms with Crippen molar-refractivity contribution in [3.8, 4) is 0 Å². The van der Waals surface area contributed by atoms with Gasteiger partial charge in [0.2, 0.25) is 5.69 Å². The van der Waals surface area contributed by atoms with E-state index in [9.17, 15) is 35.8 Å². The van der Waals surface area contributed by atoms with Crippen molar-refractivity contribution in [2.45, 2.75) is 95.8 Å². The molecule has 2 aliphatic heterocycles. The van der Waals surface area contributed by atoms with E-state index in [1.165, 1.54) is 28.9 Å². The first-order valence-electron chi connectivity index (χ1n) is 18.6. The Morgan fingerprint density at radius 1 is 0.900 bits per heavy atom. The van der Waals surface area contributed by atoms with Crippen LogP contribution in [0.5, 0.6) is 0 Å². The number of hydrogen-bond donors (Lipinski definition) is 1. The molecule has 0 radical (unpaired) electrons. The number of carboxylic acid groups (broad SMARTS) is 1. The number of carboxylic acids is 1. The van der Waals surface area contributed by atoms with Gasteiger partial charge in [-0.15, -0.1) is 12.6 Å². The van der Waals surface area contributed by atoms with E-state index in [0.717, 1.165) is 47.5 Å². The van der Waals surface area contributed by atoms with Crippen LogP contribution >= 0.6 is 0 Å². The second-order valence-corrected chi connectivity index (χ2v) is 19.0. The Kier molecular flexibility index (Phi) is 21.9. The zero-order valence-corrected chi connectivity index (χ0v) is 44.5. The number of anilines is 1. The number of benzene rings is 2. The summed E-state index contributed by atoms with van der Waals surface area (Å²) >= 11 is 0. The van der Waals surface area contributed by atoms with Crippen LogP contribution in [0.3, 0.4) is 0 Å². The van der Waals surface area contributed by atoms with Crippen LogP contribution in [0.25, 0.3) is 0 Å². The summed E-state index contributed by atoms with van der Waals surface area (Å²) in [4.78, 5) is 14.5. The van der Waals surface area contributed by atoms with Crippen LogP contribution in [0.4, 0.5) is 11.4 Å². The standard InChI is InChI=1S/C41H52N2O8S2.3Na.O3S/c1-8-9-20-42-35-16-12-27(2)23-33(35)40(4,5)37(42)18-13-29-24-31(39(44)45)25-30(28(29)3)14-19-38-41(6,7)34-26-32(53(49,50)51)15-17-36(34)43(38)21-10-11-22-52(46,47)48;;;;1-4(2)3/h12-19,23,26,31H,1,8-11,20-22,24-25H2,2-7H3,(H,44,45)(H,46,47,48)(H,49,50,51);;;;/q;3*+1;/p-2. The number of hydrogen-bond acceptors (Lipinski definition) is 11. The van der Waals surface area contributed by atoms with Crippen LogP contribution in [0, 0.1) is 19.8 Å². The van der Waals surface area contributed by atoms with E-state index in [0.29, 0.717) is 37.1 Å². The monoisotopic (exact) mass is 911 g/mol. The van der Waals surface area contributed by atoms with Crippen molar-refractivity contribution in [3.05, 3.63) is 107 Å². The Labute approximate surface area is 423 Å². The van der Waals surface area contributed by atoms with Crippen molar-refractivity contribution >= 4 is 53.9 Å². The molecule has 5 rings (SSSR count). The molecule has 1 aliphatic carbocycles. The number of aryl methyl sites for hydroxylation is 1. The van der Waals surface area contributed by atoms with Crippen LogP contribution in [-0.4, -0.2) is 78.8 Å². The fourth-order valence-electron chi connectivity index (χ4n) is 7.94. The van der Waals surface area contributed by atoms with Gasteiger partial charge in [0.1, 0.15) is 16.7 Å². The minimum absolute atomic E-state index is 0. The smallest absolute Gasteiger partial charge is 0.748 e. The van der Waals surface area contributed by atoms with Gasteiger partial charge in [0.05, 0.1) is 26.3 Å². The molecule has 1 unspecified atom stereocenters. The van der Waals surface area contributed by atoms with Crippen LogP contribution in [-0.2, 0) is 46.5 Å². The molecule has 1 N–H and O–H groups in total. The SMILES string of the molecule is O=S(=O)=O.[CH2-]CCCN1C(=CC=C2CC(C(=O)O)CC(C=CC3=[N+](CCCCS(=O)(=O)[O-])c4ccc(S(=O)(=O)[O-])cc4C3(C)C)=C2C)C(C)(C)c2cc(C)ccc21.[Na+].[Na+].[Na+]. The number of rotatable bonds is 13. The summed E-state index contributed by atoms with van der Waals surface area (Å²) in [5.41, 5.74) is 8.55. The van der Waals surface area contributed by atoms with Gasteiger partial charge in [-0.3, -0.25) is 4.79 Å². The third kappa shape index (κ3) is 13.9. The number of unbranched alkanes of at least 4 members (excludes halogenated alkanes) is 2.